The number of thioether (sulfide) groups is 2. The van der Waals surface area contributed by atoms with E-state index in [4.69, 9.17) is 10.8 Å². The normalized spacial score (nSPS) is 15.9. The van der Waals surface area contributed by atoms with Crippen LogP contribution in [0.3, 0.4) is 0 Å². The monoisotopic (exact) mass is 484 g/mol. The Morgan fingerprint density at radius 3 is 1.93 bits per heavy atom. The molecular weight excluding hydrogens is 452 g/mol. The fourth-order valence-electron chi connectivity index (χ4n) is 2.27. The number of nitrogens with two attached hydrogens (primary N) is 1. The van der Waals surface area contributed by atoms with Crippen molar-refractivity contribution in [1.82, 2.24) is 16.0 Å². The van der Waals surface area contributed by atoms with E-state index in [0.717, 1.165) is 0 Å². The summed E-state index contributed by atoms with van der Waals surface area (Å²) in [5.41, 5.74) is 5.85. The minimum atomic E-state index is -1.40. The molecule has 0 aromatic carbocycles. The molecule has 0 aromatic rings. The maximum atomic E-state index is 12.7. The lowest BCUT2D eigenvalue weighted by molar-refractivity contribution is -0.142. The Bertz CT molecular complexity index is 582. The molecule has 0 aliphatic carbocycles. The van der Waals surface area contributed by atoms with Crippen molar-refractivity contribution < 1.29 is 29.4 Å². The van der Waals surface area contributed by atoms with Crippen LogP contribution in [0.1, 0.15) is 19.8 Å². The van der Waals surface area contributed by atoms with Crippen LogP contribution in [0.4, 0.5) is 0 Å². The summed E-state index contributed by atoms with van der Waals surface area (Å²) in [6.45, 7) is 1.29. The molecule has 0 aliphatic rings. The van der Waals surface area contributed by atoms with E-state index in [1.165, 1.54) is 18.7 Å². The number of carboxylic acid groups (broad SMARTS) is 1. The molecule has 0 bridgehead atoms. The Balaban J connectivity index is 5.23. The van der Waals surface area contributed by atoms with Crippen LogP contribution in [0.2, 0.25) is 0 Å². The second kappa shape index (κ2) is 15.6. The van der Waals surface area contributed by atoms with Crippen LogP contribution in [0, 0.1) is 0 Å². The van der Waals surface area contributed by atoms with Gasteiger partial charge < -0.3 is 31.9 Å². The Morgan fingerprint density at radius 1 is 0.933 bits per heavy atom. The first kappa shape index (κ1) is 28.9. The average Bonchev–Trinajstić information content (AvgIpc) is 2.69. The van der Waals surface area contributed by atoms with Crippen molar-refractivity contribution in [3.63, 3.8) is 0 Å². The summed E-state index contributed by atoms with van der Waals surface area (Å²) < 4.78 is 0. The van der Waals surface area contributed by atoms with Crippen LogP contribution >= 0.6 is 36.2 Å². The first-order valence-corrected chi connectivity index (χ1v) is 12.7. The fraction of sp³-hybridized carbons (Fsp3) is 0.765. The number of carboxylic acids is 1. The van der Waals surface area contributed by atoms with E-state index in [0.29, 0.717) is 17.9 Å². The minimum Gasteiger partial charge on any atom is -0.480 e. The van der Waals surface area contributed by atoms with Crippen LogP contribution in [0.25, 0.3) is 0 Å². The number of thiol groups is 1. The molecule has 5 unspecified atom stereocenters. The van der Waals surface area contributed by atoms with Gasteiger partial charge in [-0.2, -0.15) is 36.2 Å². The molecule has 5 atom stereocenters. The zero-order valence-electron chi connectivity index (χ0n) is 17.3. The maximum Gasteiger partial charge on any atom is 0.327 e. The van der Waals surface area contributed by atoms with Crippen molar-refractivity contribution in [2.24, 2.45) is 5.73 Å². The van der Waals surface area contributed by atoms with E-state index in [-0.39, 0.29) is 12.2 Å². The molecule has 0 saturated heterocycles. The first-order valence-electron chi connectivity index (χ1n) is 9.25. The van der Waals surface area contributed by atoms with E-state index in [9.17, 15) is 24.3 Å². The molecule has 0 rings (SSSR count). The Labute approximate surface area is 190 Å². The topological polar surface area (TPSA) is 171 Å². The van der Waals surface area contributed by atoms with Crippen LogP contribution in [0.5, 0.6) is 0 Å². The molecule has 0 aromatic heterocycles. The van der Waals surface area contributed by atoms with Gasteiger partial charge in [0.25, 0.3) is 0 Å². The number of carbonyl (C=O) groups is 4. The van der Waals surface area contributed by atoms with Gasteiger partial charge in [-0.1, -0.05) is 0 Å². The number of carbonyl (C=O) groups excluding carboxylic acids is 3. The van der Waals surface area contributed by atoms with Crippen molar-refractivity contribution in [1.29, 1.82) is 0 Å². The molecule has 0 saturated carbocycles. The molecule has 30 heavy (non-hydrogen) atoms. The second-order valence-electron chi connectivity index (χ2n) is 6.54. The summed E-state index contributed by atoms with van der Waals surface area (Å²) in [6.07, 6.45) is 3.17. The molecule has 10 nitrogen and oxygen atoms in total. The van der Waals surface area contributed by atoms with Gasteiger partial charge >= 0.3 is 5.97 Å². The van der Waals surface area contributed by atoms with Gasteiger partial charge in [-0.15, -0.1) is 0 Å². The molecule has 7 N–H and O–H groups in total. The molecule has 3 amide bonds. The summed E-state index contributed by atoms with van der Waals surface area (Å²) >= 11 is 6.89. The highest BCUT2D eigenvalue weighted by Gasteiger charge is 2.32. The summed E-state index contributed by atoms with van der Waals surface area (Å²) in [4.78, 5) is 48.5. The quantitative estimate of drug-likeness (QED) is 0.139. The van der Waals surface area contributed by atoms with E-state index in [1.54, 1.807) is 11.8 Å². The number of aliphatic hydroxyl groups is 1. The molecule has 0 spiro atoms. The Hall–Kier alpha value is -1.15. The predicted octanol–water partition coefficient (Wildman–Crippen LogP) is -1.33. The van der Waals surface area contributed by atoms with Crippen molar-refractivity contribution in [3.05, 3.63) is 0 Å². The van der Waals surface area contributed by atoms with Crippen LogP contribution < -0.4 is 21.7 Å². The number of nitrogens with one attached hydrogen (secondary N) is 3. The highest BCUT2D eigenvalue weighted by atomic mass is 32.2. The van der Waals surface area contributed by atoms with Gasteiger partial charge in [-0.05, 0) is 43.8 Å². The Morgan fingerprint density at radius 2 is 1.47 bits per heavy atom. The zero-order valence-corrected chi connectivity index (χ0v) is 19.8. The number of amides is 3. The standard InChI is InChI=1S/C17H32N4O6S3/c1-9(22)13(16(25)20-12(8-28)17(26)27)21-15(24)11(5-7-30-3)19-14(23)10(18)4-6-29-2/h9-13,22,28H,4-8,18H2,1-3H3,(H,19,23)(H,20,25)(H,21,24)(H,26,27). The van der Waals surface area contributed by atoms with Gasteiger partial charge in [0, 0.05) is 5.75 Å². The fourth-order valence-corrected chi connectivity index (χ4v) is 3.47. The van der Waals surface area contributed by atoms with E-state index in [2.05, 4.69) is 28.6 Å². The van der Waals surface area contributed by atoms with E-state index in [1.807, 2.05) is 12.5 Å². The molecular formula is C17H32N4O6S3. The number of hydrogen-bond acceptors (Lipinski definition) is 9. The van der Waals surface area contributed by atoms with Gasteiger partial charge in [0.1, 0.15) is 18.1 Å². The van der Waals surface area contributed by atoms with Crippen LogP contribution in [-0.4, -0.2) is 93.9 Å². The van der Waals surface area contributed by atoms with Gasteiger partial charge in [-0.3, -0.25) is 14.4 Å². The third kappa shape index (κ3) is 10.8. The number of aliphatic hydroxyl groups excluding tert-OH is 1. The summed E-state index contributed by atoms with van der Waals surface area (Å²) in [6, 6.07) is -4.41. The van der Waals surface area contributed by atoms with Crippen molar-refractivity contribution in [2.75, 3.05) is 29.8 Å². The molecule has 13 heteroatoms. The third-order valence-corrected chi connectivity index (χ3v) is 5.73. The van der Waals surface area contributed by atoms with Gasteiger partial charge in [0.15, 0.2) is 0 Å². The molecule has 0 radical (unpaired) electrons. The molecule has 0 fully saturated rings. The molecule has 0 aliphatic heterocycles. The number of rotatable bonds is 15. The largest absolute Gasteiger partial charge is 0.480 e. The summed E-state index contributed by atoms with van der Waals surface area (Å²) in [5.74, 6) is -2.23. The van der Waals surface area contributed by atoms with E-state index >= 15 is 0 Å². The SMILES string of the molecule is CSCCC(N)C(=O)NC(CCSC)C(=O)NC(C(=O)NC(CS)C(=O)O)C(C)O. The first-order chi connectivity index (χ1) is 14.1. The molecule has 0 heterocycles. The second-order valence-corrected chi connectivity index (χ2v) is 8.88. The third-order valence-electron chi connectivity index (χ3n) is 4.07. The number of hydrogen-bond donors (Lipinski definition) is 7. The Kier molecular flexibility index (Phi) is 15.0. The minimum absolute atomic E-state index is 0.165. The van der Waals surface area contributed by atoms with Crippen molar-refractivity contribution in [3.8, 4) is 0 Å². The van der Waals surface area contributed by atoms with E-state index < -0.39 is 54.0 Å². The van der Waals surface area contributed by atoms with Crippen molar-refractivity contribution >= 4 is 59.8 Å². The van der Waals surface area contributed by atoms with Crippen molar-refractivity contribution in [2.45, 2.75) is 50.0 Å². The predicted molar refractivity (Wildman–Crippen MR) is 123 cm³/mol. The average molecular weight is 485 g/mol. The number of aliphatic carboxylic acids is 1. The van der Waals surface area contributed by atoms with Gasteiger partial charge in [-0.25, -0.2) is 4.79 Å². The van der Waals surface area contributed by atoms with Gasteiger partial charge in [0.05, 0.1) is 12.1 Å². The smallest absolute Gasteiger partial charge is 0.327 e. The molecule has 174 valence electrons. The van der Waals surface area contributed by atoms with Gasteiger partial charge in [0.2, 0.25) is 17.7 Å². The lowest BCUT2D eigenvalue weighted by Gasteiger charge is -2.26. The van der Waals surface area contributed by atoms with Crippen LogP contribution in [-0.2, 0) is 19.2 Å². The zero-order chi connectivity index (χ0) is 23.3. The summed E-state index contributed by atoms with van der Waals surface area (Å²) in [7, 11) is 0. The lowest BCUT2D eigenvalue weighted by Crippen LogP contribution is -2.60. The highest BCUT2D eigenvalue weighted by Crippen LogP contribution is 2.05. The highest BCUT2D eigenvalue weighted by molar-refractivity contribution is 7.98. The lowest BCUT2D eigenvalue weighted by atomic mass is 10.1. The van der Waals surface area contributed by atoms with Crippen LogP contribution in [0.15, 0.2) is 0 Å². The summed E-state index contributed by atoms with van der Waals surface area (Å²) in [5, 5.41) is 26.2. The maximum absolute atomic E-state index is 12.7.